The highest BCUT2D eigenvalue weighted by Gasteiger charge is 2.20. The fourth-order valence-corrected chi connectivity index (χ4v) is 4.11. The molecule has 0 aliphatic rings. The third kappa shape index (κ3) is 5.64. The molecule has 0 spiro atoms. The minimum absolute atomic E-state index is 0.0888. The lowest BCUT2D eigenvalue weighted by molar-refractivity contribution is -0.113. The maximum absolute atomic E-state index is 12.3. The number of nitrogens with one attached hydrogen (secondary N) is 1. The van der Waals surface area contributed by atoms with E-state index in [0.717, 1.165) is 27.3 Å². The Morgan fingerprint density at radius 3 is 2.60 bits per heavy atom. The molecule has 1 heterocycles. The number of carbonyl (C=O) groups is 1. The van der Waals surface area contributed by atoms with Crippen LogP contribution in [0.2, 0.25) is 0 Å². The van der Waals surface area contributed by atoms with Crippen LogP contribution in [0.3, 0.4) is 0 Å². The van der Waals surface area contributed by atoms with E-state index in [4.69, 9.17) is 4.74 Å². The number of benzene rings is 2. The molecular weight excluding hydrogens is 464 g/mol. The monoisotopic (exact) mass is 488 g/mol. The topological polar surface area (TPSA) is 69.0 Å². The highest BCUT2D eigenvalue weighted by atomic mass is 79.9. The van der Waals surface area contributed by atoms with Gasteiger partial charge in [-0.2, -0.15) is 0 Å². The molecule has 3 rings (SSSR count). The molecule has 0 aliphatic carbocycles. The van der Waals surface area contributed by atoms with Crippen LogP contribution in [0, 0.1) is 13.8 Å². The molecule has 0 radical (unpaired) electrons. The minimum atomic E-state index is -0.259. The first-order valence-corrected chi connectivity index (χ1v) is 11.5. The molecule has 1 unspecified atom stereocenters. The van der Waals surface area contributed by atoms with Gasteiger partial charge in [0.15, 0.2) is 17.1 Å². The molecule has 3 aromatic rings. The van der Waals surface area contributed by atoms with Crippen molar-refractivity contribution in [2.45, 2.75) is 45.5 Å². The third-order valence-electron chi connectivity index (χ3n) is 4.52. The number of anilines is 1. The van der Waals surface area contributed by atoms with E-state index in [1.165, 1.54) is 17.3 Å². The summed E-state index contributed by atoms with van der Waals surface area (Å²) in [6.07, 6.45) is -0.259. The first-order valence-electron chi connectivity index (χ1n) is 9.72. The van der Waals surface area contributed by atoms with Crippen LogP contribution in [0.15, 0.2) is 52.1 Å². The summed E-state index contributed by atoms with van der Waals surface area (Å²) in [5.74, 6) is 1.74. The smallest absolute Gasteiger partial charge is 0.234 e. The maximum Gasteiger partial charge on any atom is 0.234 e. The largest absolute Gasteiger partial charge is 0.482 e. The van der Waals surface area contributed by atoms with Crippen LogP contribution in [-0.2, 0) is 11.3 Å². The summed E-state index contributed by atoms with van der Waals surface area (Å²) in [7, 11) is 0. The van der Waals surface area contributed by atoms with Gasteiger partial charge in [-0.3, -0.25) is 4.79 Å². The normalized spacial score (nSPS) is 11.9. The van der Waals surface area contributed by atoms with Gasteiger partial charge in [-0.15, -0.1) is 10.2 Å². The summed E-state index contributed by atoms with van der Waals surface area (Å²) in [5, 5.41) is 12.2. The van der Waals surface area contributed by atoms with Crippen molar-refractivity contribution in [2.24, 2.45) is 0 Å². The average Bonchev–Trinajstić information content (AvgIpc) is 3.13. The van der Waals surface area contributed by atoms with E-state index in [1.54, 1.807) is 0 Å². The van der Waals surface area contributed by atoms with Crippen molar-refractivity contribution in [1.82, 2.24) is 14.8 Å². The Balaban J connectivity index is 1.64. The molecule has 1 amide bonds. The second kappa shape index (κ2) is 10.1. The number of thioether (sulfide) groups is 1. The second-order valence-electron chi connectivity index (χ2n) is 6.96. The molecule has 0 bridgehead atoms. The molecule has 30 heavy (non-hydrogen) atoms. The Kier molecular flexibility index (Phi) is 7.55. The number of carbonyl (C=O) groups excluding carboxylic acids is 1. The molecule has 0 fully saturated rings. The van der Waals surface area contributed by atoms with Crippen LogP contribution >= 0.6 is 27.7 Å². The van der Waals surface area contributed by atoms with Crippen molar-refractivity contribution in [1.29, 1.82) is 0 Å². The van der Waals surface area contributed by atoms with Gasteiger partial charge in [-0.1, -0.05) is 45.4 Å². The quantitative estimate of drug-likeness (QED) is 0.421. The number of hydrogen-bond donors (Lipinski definition) is 1. The predicted octanol–water partition coefficient (Wildman–Crippen LogP) is 5.55. The van der Waals surface area contributed by atoms with Crippen molar-refractivity contribution in [3.8, 4) is 5.75 Å². The SMILES string of the molecule is CCn1c(SCC(=O)Nc2ccc(Br)cc2)nnc1C(C)Oc1ccc(C)cc1C. The van der Waals surface area contributed by atoms with Gasteiger partial charge in [-0.25, -0.2) is 0 Å². The maximum atomic E-state index is 12.3. The van der Waals surface area contributed by atoms with E-state index >= 15 is 0 Å². The number of ether oxygens (including phenoxy) is 1. The zero-order chi connectivity index (χ0) is 21.7. The number of aryl methyl sites for hydroxylation is 2. The van der Waals surface area contributed by atoms with E-state index in [9.17, 15) is 4.79 Å². The van der Waals surface area contributed by atoms with Crippen LogP contribution in [-0.4, -0.2) is 26.4 Å². The molecular formula is C22H25BrN4O2S. The fourth-order valence-electron chi connectivity index (χ4n) is 3.04. The Morgan fingerprint density at radius 2 is 1.93 bits per heavy atom. The molecule has 0 saturated heterocycles. The third-order valence-corrected chi connectivity index (χ3v) is 6.02. The van der Waals surface area contributed by atoms with Gasteiger partial charge in [0.1, 0.15) is 5.75 Å². The van der Waals surface area contributed by atoms with Crippen molar-refractivity contribution < 1.29 is 9.53 Å². The number of amides is 1. The number of hydrogen-bond acceptors (Lipinski definition) is 5. The zero-order valence-corrected chi connectivity index (χ0v) is 19.9. The zero-order valence-electron chi connectivity index (χ0n) is 17.5. The molecule has 6 nitrogen and oxygen atoms in total. The molecule has 1 N–H and O–H groups in total. The number of rotatable bonds is 8. The predicted molar refractivity (Wildman–Crippen MR) is 124 cm³/mol. The van der Waals surface area contributed by atoms with Crippen LogP contribution < -0.4 is 10.1 Å². The molecule has 2 aromatic carbocycles. The highest BCUT2D eigenvalue weighted by Crippen LogP contribution is 2.27. The minimum Gasteiger partial charge on any atom is -0.482 e. The molecule has 1 atom stereocenters. The van der Waals surface area contributed by atoms with Gasteiger partial charge >= 0.3 is 0 Å². The summed E-state index contributed by atoms with van der Waals surface area (Å²) < 4.78 is 9.10. The molecule has 0 aliphatic heterocycles. The van der Waals surface area contributed by atoms with Gasteiger partial charge in [0.2, 0.25) is 5.91 Å². The van der Waals surface area contributed by atoms with Crippen LogP contribution in [0.1, 0.15) is 36.9 Å². The lowest BCUT2D eigenvalue weighted by Crippen LogP contribution is -2.15. The average molecular weight is 489 g/mol. The summed E-state index contributed by atoms with van der Waals surface area (Å²) in [4.78, 5) is 12.3. The number of aromatic nitrogens is 3. The Bertz CT molecular complexity index is 1020. The van der Waals surface area contributed by atoms with E-state index in [-0.39, 0.29) is 17.8 Å². The van der Waals surface area contributed by atoms with E-state index in [2.05, 4.69) is 44.4 Å². The van der Waals surface area contributed by atoms with Gasteiger partial charge in [-0.05, 0) is 63.6 Å². The van der Waals surface area contributed by atoms with Crippen molar-refractivity contribution in [2.75, 3.05) is 11.1 Å². The van der Waals surface area contributed by atoms with Crippen molar-refractivity contribution in [3.05, 3.63) is 63.9 Å². The Morgan fingerprint density at radius 1 is 1.20 bits per heavy atom. The standard InChI is InChI=1S/C22H25BrN4O2S/c1-5-27-21(16(4)29-19-11-6-14(2)12-15(19)3)25-26-22(27)30-13-20(28)24-18-9-7-17(23)8-10-18/h6-12,16H,5,13H2,1-4H3,(H,24,28). The first kappa shape index (κ1) is 22.4. The summed E-state index contributed by atoms with van der Waals surface area (Å²) in [5.41, 5.74) is 3.05. The van der Waals surface area contributed by atoms with Crippen molar-refractivity contribution in [3.63, 3.8) is 0 Å². The Labute approximate surface area is 189 Å². The van der Waals surface area contributed by atoms with Gasteiger partial charge in [0.25, 0.3) is 0 Å². The lowest BCUT2D eigenvalue weighted by Gasteiger charge is -2.17. The fraction of sp³-hybridized carbons (Fsp3) is 0.318. The van der Waals surface area contributed by atoms with E-state index in [0.29, 0.717) is 11.7 Å². The van der Waals surface area contributed by atoms with E-state index < -0.39 is 0 Å². The Hall–Kier alpha value is -2.32. The van der Waals surface area contributed by atoms with Gasteiger partial charge < -0.3 is 14.6 Å². The molecule has 8 heteroatoms. The molecule has 1 aromatic heterocycles. The molecule has 0 saturated carbocycles. The highest BCUT2D eigenvalue weighted by molar-refractivity contribution is 9.10. The summed E-state index contributed by atoms with van der Waals surface area (Å²) >= 11 is 4.75. The summed E-state index contributed by atoms with van der Waals surface area (Å²) in [6.45, 7) is 8.78. The summed E-state index contributed by atoms with van der Waals surface area (Å²) in [6, 6.07) is 13.6. The second-order valence-corrected chi connectivity index (χ2v) is 8.82. The van der Waals surface area contributed by atoms with Gasteiger partial charge in [0.05, 0.1) is 5.75 Å². The number of halogens is 1. The van der Waals surface area contributed by atoms with Crippen LogP contribution in [0.25, 0.3) is 0 Å². The lowest BCUT2D eigenvalue weighted by atomic mass is 10.1. The number of nitrogens with zero attached hydrogens (tertiary/aromatic N) is 3. The first-order chi connectivity index (χ1) is 14.4. The van der Waals surface area contributed by atoms with Gasteiger partial charge in [0, 0.05) is 16.7 Å². The van der Waals surface area contributed by atoms with Crippen LogP contribution in [0.4, 0.5) is 5.69 Å². The van der Waals surface area contributed by atoms with E-state index in [1.807, 2.05) is 61.7 Å². The van der Waals surface area contributed by atoms with Crippen LogP contribution in [0.5, 0.6) is 5.75 Å². The van der Waals surface area contributed by atoms with Crippen molar-refractivity contribution >= 4 is 39.3 Å². The molecule has 158 valence electrons.